The first-order valence-electron chi connectivity index (χ1n) is 6.53. The van der Waals surface area contributed by atoms with E-state index >= 15 is 0 Å². The molecule has 3 aromatic rings. The number of hydrogen-bond acceptors (Lipinski definition) is 3. The van der Waals surface area contributed by atoms with Gasteiger partial charge in [0, 0.05) is 13.6 Å². The molecule has 0 spiro atoms. The van der Waals surface area contributed by atoms with Crippen LogP contribution in [0, 0.1) is 0 Å². The first-order valence-corrected chi connectivity index (χ1v) is 6.90. The lowest BCUT2D eigenvalue weighted by Gasteiger charge is -2.11. The largest absolute Gasteiger partial charge is 0.449 e. The number of hydrogen-bond donors (Lipinski definition) is 0. The first-order chi connectivity index (χ1) is 10.8. The Kier molecular flexibility index (Phi) is 3.63. The van der Waals surface area contributed by atoms with E-state index in [0.717, 1.165) is 9.13 Å². The Bertz CT molecular complexity index is 931. The highest BCUT2D eigenvalue weighted by Gasteiger charge is 2.38. The van der Waals surface area contributed by atoms with Gasteiger partial charge in [0.05, 0.1) is 0 Å². The Morgan fingerprint density at radius 3 is 2.43 bits per heavy atom. The number of halogens is 4. The fourth-order valence-electron chi connectivity index (χ4n) is 2.27. The third-order valence-corrected chi connectivity index (χ3v) is 3.71. The quantitative estimate of drug-likeness (QED) is 0.673. The molecule has 2 heterocycles. The van der Waals surface area contributed by atoms with Crippen LogP contribution in [0.25, 0.3) is 11.2 Å². The monoisotopic (exact) mass is 342 g/mol. The molecule has 0 aliphatic carbocycles. The summed E-state index contributed by atoms with van der Waals surface area (Å²) >= 11 is 5.75. The SMILES string of the molecule is Cn1c(Cl)nc2nc(C(F)(F)F)n(Cc3ccccc3)c2c1=O. The summed E-state index contributed by atoms with van der Waals surface area (Å²) in [5.74, 6) is -1.18. The number of aromatic nitrogens is 4. The van der Waals surface area contributed by atoms with E-state index in [0.29, 0.717) is 5.56 Å². The fraction of sp³-hybridized carbons (Fsp3) is 0.214. The van der Waals surface area contributed by atoms with E-state index in [1.165, 1.54) is 7.05 Å². The topological polar surface area (TPSA) is 52.7 Å². The molecule has 0 atom stereocenters. The van der Waals surface area contributed by atoms with E-state index in [1.807, 2.05) is 0 Å². The van der Waals surface area contributed by atoms with Gasteiger partial charge in [0.2, 0.25) is 11.1 Å². The molecule has 9 heteroatoms. The zero-order valence-electron chi connectivity index (χ0n) is 11.8. The molecule has 0 N–H and O–H groups in total. The van der Waals surface area contributed by atoms with Crippen molar-refractivity contribution in [2.45, 2.75) is 12.7 Å². The third kappa shape index (κ3) is 2.70. The lowest BCUT2D eigenvalue weighted by molar-refractivity contribution is -0.146. The predicted molar refractivity (Wildman–Crippen MR) is 78.3 cm³/mol. The zero-order valence-corrected chi connectivity index (χ0v) is 12.6. The van der Waals surface area contributed by atoms with Gasteiger partial charge in [0.1, 0.15) is 0 Å². The summed E-state index contributed by atoms with van der Waals surface area (Å²) in [6.07, 6.45) is -4.72. The molecule has 0 radical (unpaired) electrons. The van der Waals surface area contributed by atoms with Crippen LogP contribution in [0.5, 0.6) is 0 Å². The van der Waals surface area contributed by atoms with Crippen molar-refractivity contribution in [2.24, 2.45) is 7.05 Å². The average Bonchev–Trinajstić information content (AvgIpc) is 2.84. The molecule has 0 saturated carbocycles. The van der Waals surface area contributed by atoms with Gasteiger partial charge in [0.15, 0.2) is 11.2 Å². The van der Waals surface area contributed by atoms with Crippen molar-refractivity contribution in [1.29, 1.82) is 0 Å². The van der Waals surface area contributed by atoms with Crippen LogP contribution in [0.2, 0.25) is 5.28 Å². The number of nitrogens with zero attached hydrogens (tertiary/aromatic N) is 4. The van der Waals surface area contributed by atoms with Crippen molar-refractivity contribution in [1.82, 2.24) is 19.1 Å². The molecule has 23 heavy (non-hydrogen) atoms. The lowest BCUT2D eigenvalue weighted by Crippen LogP contribution is -2.23. The van der Waals surface area contributed by atoms with Gasteiger partial charge in [-0.3, -0.25) is 9.36 Å². The molecule has 2 aromatic heterocycles. The normalized spacial score (nSPS) is 12.0. The van der Waals surface area contributed by atoms with Gasteiger partial charge < -0.3 is 4.57 Å². The summed E-state index contributed by atoms with van der Waals surface area (Å²) < 4.78 is 41.6. The maximum absolute atomic E-state index is 13.3. The van der Waals surface area contributed by atoms with Crippen LogP contribution < -0.4 is 5.56 Å². The zero-order chi connectivity index (χ0) is 16.8. The molecule has 0 fully saturated rings. The molecule has 0 saturated heterocycles. The van der Waals surface area contributed by atoms with Crippen LogP contribution in [-0.4, -0.2) is 19.1 Å². The molecule has 0 amide bonds. The Morgan fingerprint density at radius 2 is 1.83 bits per heavy atom. The minimum absolute atomic E-state index is 0.148. The highest BCUT2D eigenvalue weighted by Crippen LogP contribution is 2.31. The third-order valence-electron chi connectivity index (χ3n) is 3.37. The first kappa shape index (κ1) is 15.5. The summed E-state index contributed by atoms with van der Waals surface area (Å²) in [7, 11) is 1.34. The van der Waals surface area contributed by atoms with Crippen LogP contribution in [0.15, 0.2) is 35.1 Å². The highest BCUT2D eigenvalue weighted by atomic mass is 35.5. The second kappa shape index (κ2) is 5.38. The van der Waals surface area contributed by atoms with Crippen molar-refractivity contribution in [2.75, 3.05) is 0 Å². The molecule has 0 aliphatic rings. The van der Waals surface area contributed by atoms with E-state index in [-0.39, 0.29) is 23.0 Å². The molecule has 1 aromatic carbocycles. The van der Waals surface area contributed by atoms with Crippen molar-refractivity contribution in [3.8, 4) is 0 Å². The number of rotatable bonds is 2. The molecule has 0 bridgehead atoms. The summed E-state index contributed by atoms with van der Waals surface area (Å²) in [6.45, 7) is -0.148. The average molecular weight is 343 g/mol. The Hall–Kier alpha value is -2.35. The van der Waals surface area contributed by atoms with E-state index in [1.54, 1.807) is 30.3 Å². The predicted octanol–water partition coefficient (Wildman–Crippen LogP) is 2.85. The standard InChI is InChI=1S/C14H10ClF3N4O/c1-21-11(23)9-10(20-13(21)15)19-12(14(16,17)18)22(9)7-8-5-3-2-4-6-8/h2-6H,7H2,1H3. The van der Waals surface area contributed by atoms with E-state index in [2.05, 4.69) is 9.97 Å². The molecule has 0 aliphatic heterocycles. The summed E-state index contributed by atoms with van der Waals surface area (Å²) in [5.41, 5.74) is -0.623. The fourth-order valence-corrected chi connectivity index (χ4v) is 2.43. The van der Waals surface area contributed by atoms with Gasteiger partial charge in [-0.05, 0) is 17.2 Å². The highest BCUT2D eigenvalue weighted by molar-refractivity contribution is 6.28. The van der Waals surface area contributed by atoms with Gasteiger partial charge in [-0.1, -0.05) is 30.3 Å². The van der Waals surface area contributed by atoms with Crippen LogP contribution in [0.1, 0.15) is 11.4 Å². The maximum atomic E-state index is 13.3. The lowest BCUT2D eigenvalue weighted by atomic mass is 10.2. The molecular weight excluding hydrogens is 333 g/mol. The Morgan fingerprint density at radius 1 is 1.17 bits per heavy atom. The molecule has 120 valence electrons. The summed E-state index contributed by atoms with van der Waals surface area (Å²) in [4.78, 5) is 19.6. The number of fused-ring (bicyclic) bond motifs is 1. The Balaban J connectivity index is 2.32. The van der Waals surface area contributed by atoms with Gasteiger partial charge in [0.25, 0.3) is 5.56 Å². The van der Waals surface area contributed by atoms with Crippen molar-refractivity contribution in [3.63, 3.8) is 0 Å². The van der Waals surface area contributed by atoms with E-state index < -0.39 is 17.6 Å². The van der Waals surface area contributed by atoms with Crippen LogP contribution >= 0.6 is 11.6 Å². The van der Waals surface area contributed by atoms with Crippen LogP contribution in [0.4, 0.5) is 13.2 Å². The molecular formula is C14H10ClF3N4O. The Labute approximate surface area is 133 Å². The van der Waals surface area contributed by atoms with Crippen LogP contribution in [0.3, 0.4) is 0 Å². The van der Waals surface area contributed by atoms with Gasteiger partial charge >= 0.3 is 6.18 Å². The number of alkyl halides is 3. The van der Waals surface area contributed by atoms with Crippen molar-refractivity contribution < 1.29 is 13.2 Å². The van der Waals surface area contributed by atoms with Crippen LogP contribution in [-0.2, 0) is 19.8 Å². The van der Waals surface area contributed by atoms with E-state index in [9.17, 15) is 18.0 Å². The van der Waals surface area contributed by atoms with E-state index in [4.69, 9.17) is 11.6 Å². The molecule has 0 unspecified atom stereocenters. The second-order valence-electron chi connectivity index (χ2n) is 4.92. The number of benzene rings is 1. The second-order valence-corrected chi connectivity index (χ2v) is 5.26. The number of imidazole rings is 1. The minimum atomic E-state index is -4.72. The van der Waals surface area contributed by atoms with Gasteiger partial charge in [-0.25, -0.2) is 4.98 Å². The molecule has 5 nitrogen and oxygen atoms in total. The minimum Gasteiger partial charge on any atom is -0.310 e. The summed E-state index contributed by atoms with van der Waals surface area (Å²) in [6, 6.07) is 8.49. The van der Waals surface area contributed by atoms with Crippen molar-refractivity contribution >= 4 is 22.8 Å². The van der Waals surface area contributed by atoms with Gasteiger partial charge in [-0.2, -0.15) is 18.2 Å². The smallest absolute Gasteiger partial charge is 0.310 e. The molecule has 3 rings (SSSR count). The van der Waals surface area contributed by atoms with Crippen molar-refractivity contribution in [3.05, 3.63) is 57.4 Å². The van der Waals surface area contributed by atoms with Gasteiger partial charge in [-0.15, -0.1) is 0 Å². The summed E-state index contributed by atoms with van der Waals surface area (Å²) in [5, 5.41) is -0.222. The maximum Gasteiger partial charge on any atom is 0.449 e.